The number of rotatable bonds is 9. The van der Waals surface area contributed by atoms with E-state index in [-0.39, 0.29) is 15.6 Å². The van der Waals surface area contributed by atoms with Gasteiger partial charge in [-0.15, -0.1) is 11.3 Å². The van der Waals surface area contributed by atoms with E-state index < -0.39 is 28.5 Å². The Morgan fingerprint density at radius 3 is 2.59 bits per heavy atom. The fraction of sp³-hybridized carbons (Fsp3) is 0.263. The van der Waals surface area contributed by atoms with Gasteiger partial charge in [0.15, 0.2) is 6.61 Å². The minimum absolute atomic E-state index is 0.0109. The number of sulfonamides is 1. The molecule has 0 fully saturated rings. The Hall–Kier alpha value is -2.20. The molecule has 1 aromatic carbocycles. The number of hydrogen-bond donors (Lipinski definition) is 1. The summed E-state index contributed by atoms with van der Waals surface area (Å²) >= 11 is 7.53. The SMILES string of the molecule is CCN(CC)S(=O)(=O)c1ccc(Cl)c(NC(=O)COC(=O)C=Cc2cccs2)c1. The van der Waals surface area contributed by atoms with Gasteiger partial charge in [-0.1, -0.05) is 31.5 Å². The van der Waals surface area contributed by atoms with Gasteiger partial charge < -0.3 is 10.1 Å². The first-order chi connectivity index (χ1) is 13.8. The normalized spacial score (nSPS) is 11.7. The van der Waals surface area contributed by atoms with Crippen LogP contribution in [-0.4, -0.2) is 44.3 Å². The van der Waals surface area contributed by atoms with Gasteiger partial charge in [-0.25, -0.2) is 13.2 Å². The number of benzene rings is 1. The smallest absolute Gasteiger partial charge is 0.331 e. The van der Waals surface area contributed by atoms with Crippen LogP contribution >= 0.6 is 22.9 Å². The van der Waals surface area contributed by atoms with E-state index >= 15 is 0 Å². The summed E-state index contributed by atoms with van der Waals surface area (Å²) in [6.07, 6.45) is 2.81. The molecule has 1 aromatic heterocycles. The minimum atomic E-state index is -3.70. The summed E-state index contributed by atoms with van der Waals surface area (Å²) in [4.78, 5) is 24.7. The maximum atomic E-state index is 12.6. The molecule has 7 nitrogen and oxygen atoms in total. The minimum Gasteiger partial charge on any atom is -0.452 e. The van der Waals surface area contributed by atoms with E-state index in [1.165, 1.54) is 39.9 Å². The molecule has 0 aliphatic rings. The summed E-state index contributed by atoms with van der Waals surface area (Å²) in [5.74, 6) is -1.31. The maximum absolute atomic E-state index is 12.6. The summed E-state index contributed by atoms with van der Waals surface area (Å²) in [6.45, 7) is 3.58. The third-order valence-corrected chi connectivity index (χ3v) is 7.04. The van der Waals surface area contributed by atoms with E-state index in [1.807, 2.05) is 17.5 Å². The number of halogens is 1. The second-order valence-electron chi connectivity index (χ2n) is 5.74. The van der Waals surface area contributed by atoms with E-state index in [0.717, 1.165) is 4.88 Å². The van der Waals surface area contributed by atoms with Crippen molar-refractivity contribution in [3.05, 3.63) is 51.7 Å². The van der Waals surface area contributed by atoms with Gasteiger partial charge in [-0.2, -0.15) is 4.31 Å². The highest BCUT2D eigenvalue weighted by atomic mass is 35.5. The van der Waals surface area contributed by atoms with Crippen molar-refractivity contribution in [2.75, 3.05) is 25.0 Å². The van der Waals surface area contributed by atoms with Crippen LogP contribution in [0.4, 0.5) is 5.69 Å². The number of esters is 1. The molecule has 0 saturated carbocycles. The lowest BCUT2D eigenvalue weighted by Crippen LogP contribution is -2.30. The molecule has 2 aromatic rings. The number of ether oxygens (including phenoxy) is 1. The van der Waals surface area contributed by atoms with E-state index in [2.05, 4.69) is 5.32 Å². The fourth-order valence-electron chi connectivity index (χ4n) is 2.38. The lowest BCUT2D eigenvalue weighted by atomic mass is 10.3. The summed E-state index contributed by atoms with van der Waals surface area (Å²) in [6, 6.07) is 7.74. The van der Waals surface area contributed by atoms with Crippen molar-refractivity contribution < 1.29 is 22.7 Å². The lowest BCUT2D eigenvalue weighted by Gasteiger charge is -2.19. The van der Waals surface area contributed by atoms with Crippen LogP contribution in [0.15, 0.2) is 46.7 Å². The highest BCUT2D eigenvalue weighted by Gasteiger charge is 2.22. The van der Waals surface area contributed by atoms with Gasteiger partial charge >= 0.3 is 5.97 Å². The van der Waals surface area contributed by atoms with Crippen molar-refractivity contribution in [1.29, 1.82) is 0 Å². The second-order valence-corrected chi connectivity index (χ2v) is 9.06. The molecule has 0 spiro atoms. The first kappa shape index (κ1) is 23.1. The molecule has 29 heavy (non-hydrogen) atoms. The summed E-state index contributed by atoms with van der Waals surface area (Å²) in [5.41, 5.74) is 0.120. The van der Waals surface area contributed by atoms with Gasteiger partial charge in [0, 0.05) is 24.0 Å². The van der Waals surface area contributed by atoms with Gasteiger partial charge in [-0.05, 0) is 35.7 Å². The van der Waals surface area contributed by atoms with Crippen LogP contribution < -0.4 is 5.32 Å². The zero-order valence-electron chi connectivity index (χ0n) is 15.9. The Bertz CT molecular complexity index is 984. The Labute approximate surface area is 179 Å². The zero-order valence-corrected chi connectivity index (χ0v) is 18.3. The van der Waals surface area contributed by atoms with Crippen LogP contribution in [0.2, 0.25) is 5.02 Å². The first-order valence-corrected chi connectivity index (χ1v) is 11.5. The molecule has 2 rings (SSSR count). The number of carbonyl (C=O) groups excluding carboxylic acids is 2. The molecule has 0 saturated heterocycles. The van der Waals surface area contributed by atoms with Gasteiger partial charge in [0.05, 0.1) is 15.6 Å². The van der Waals surface area contributed by atoms with Gasteiger partial charge in [-0.3, -0.25) is 4.79 Å². The largest absolute Gasteiger partial charge is 0.452 e. The van der Waals surface area contributed by atoms with Gasteiger partial charge in [0.25, 0.3) is 5.91 Å². The quantitative estimate of drug-likeness (QED) is 0.459. The molecule has 0 atom stereocenters. The number of nitrogens with zero attached hydrogens (tertiary/aromatic N) is 1. The van der Waals surface area contributed by atoms with Crippen LogP contribution in [0.5, 0.6) is 0 Å². The third kappa shape index (κ3) is 6.40. The highest BCUT2D eigenvalue weighted by Crippen LogP contribution is 2.27. The molecule has 156 valence electrons. The molecule has 0 bridgehead atoms. The number of amides is 1. The molecule has 10 heteroatoms. The number of anilines is 1. The van der Waals surface area contributed by atoms with Crippen molar-refractivity contribution >= 4 is 56.6 Å². The third-order valence-electron chi connectivity index (χ3n) is 3.83. The Morgan fingerprint density at radius 2 is 1.97 bits per heavy atom. The molecule has 0 unspecified atom stereocenters. The first-order valence-electron chi connectivity index (χ1n) is 8.75. The predicted octanol–water partition coefficient (Wildman–Crippen LogP) is 3.63. The molecule has 1 N–H and O–H groups in total. The summed E-state index contributed by atoms with van der Waals surface area (Å²) < 4.78 is 31.4. The van der Waals surface area contributed by atoms with Crippen LogP contribution in [0.25, 0.3) is 6.08 Å². The van der Waals surface area contributed by atoms with Crippen LogP contribution in [0.1, 0.15) is 18.7 Å². The van der Waals surface area contributed by atoms with E-state index in [4.69, 9.17) is 16.3 Å². The summed E-state index contributed by atoms with van der Waals surface area (Å²) in [7, 11) is -3.70. The Kier molecular flexibility index (Phi) is 8.39. The zero-order chi connectivity index (χ0) is 21.4. The lowest BCUT2D eigenvalue weighted by molar-refractivity contribution is -0.142. The van der Waals surface area contributed by atoms with Crippen molar-refractivity contribution in [2.24, 2.45) is 0 Å². The monoisotopic (exact) mass is 456 g/mol. The van der Waals surface area contributed by atoms with E-state index in [9.17, 15) is 18.0 Å². The molecular weight excluding hydrogens is 436 g/mol. The maximum Gasteiger partial charge on any atom is 0.331 e. The predicted molar refractivity (Wildman–Crippen MR) is 115 cm³/mol. The van der Waals surface area contributed by atoms with Crippen LogP contribution in [0, 0.1) is 0 Å². The number of carbonyl (C=O) groups is 2. The Balaban J connectivity index is 2.02. The van der Waals surface area contributed by atoms with Gasteiger partial charge in [0.2, 0.25) is 10.0 Å². The molecule has 1 heterocycles. The standard InChI is InChI=1S/C19H21ClN2O5S2/c1-3-22(4-2)29(25,26)15-8-9-16(20)17(12-15)21-18(23)13-27-19(24)10-7-14-6-5-11-28-14/h5-12H,3-4,13H2,1-2H3,(H,21,23). The fourth-order valence-corrected chi connectivity index (χ4v) is 4.65. The highest BCUT2D eigenvalue weighted by molar-refractivity contribution is 7.89. The van der Waals surface area contributed by atoms with E-state index in [0.29, 0.717) is 13.1 Å². The molecule has 0 aliphatic heterocycles. The molecule has 1 amide bonds. The topological polar surface area (TPSA) is 92.8 Å². The molecular formula is C19H21ClN2O5S2. The number of hydrogen-bond acceptors (Lipinski definition) is 6. The van der Waals surface area contributed by atoms with Crippen molar-refractivity contribution in [3.8, 4) is 0 Å². The average molecular weight is 457 g/mol. The summed E-state index contributed by atoms with van der Waals surface area (Å²) in [5, 5.41) is 4.51. The van der Waals surface area contributed by atoms with E-state index in [1.54, 1.807) is 19.9 Å². The molecule has 0 aliphatic carbocycles. The van der Waals surface area contributed by atoms with Crippen LogP contribution in [0.3, 0.4) is 0 Å². The van der Waals surface area contributed by atoms with Crippen molar-refractivity contribution in [3.63, 3.8) is 0 Å². The van der Waals surface area contributed by atoms with Crippen molar-refractivity contribution in [1.82, 2.24) is 4.31 Å². The Morgan fingerprint density at radius 1 is 1.24 bits per heavy atom. The van der Waals surface area contributed by atoms with Crippen molar-refractivity contribution in [2.45, 2.75) is 18.7 Å². The number of nitrogens with one attached hydrogen (secondary N) is 1. The van der Waals surface area contributed by atoms with Gasteiger partial charge in [0.1, 0.15) is 0 Å². The second kappa shape index (κ2) is 10.5. The van der Waals surface area contributed by atoms with Crippen LogP contribution in [-0.2, 0) is 24.3 Å². The number of thiophene rings is 1. The molecule has 0 radical (unpaired) electrons. The average Bonchev–Trinajstić information content (AvgIpc) is 3.20.